The molecule has 1 aliphatic carbocycles. The van der Waals surface area contributed by atoms with Crippen LogP contribution in [0, 0.1) is 0 Å². The van der Waals surface area contributed by atoms with Crippen LogP contribution in [0.1, 0.15) is 64.6 Å². The van der Waals surface area contributed by atoms with Gasteiger partial charge in [-0.2, -0.15) is 5.10 Å². The quantitative estimate of drug-likeness (QED) is 0.906. The van der Waals surface area contributed by atoms with E-state index in [-0.39, 0.29) is 5.60 Å². The Hall–Kier alpha value is -0.940. The topological polar surface area (TPSA) is 52.0 Å². The first kappa shape index (κ1) is 15.0. The fourth-order valence-electron chi connectivity index (χ4n) is 3.65. The molecule has 1 N–H and O–H groups in total. The van der Waals surface area contributed by atoms with E-state index in [0.29, 0.717) is 12.1 Å². The molecule has 118 valence electrons. The van der Waals surface area contributed by atoms with Gasteiger partial charge in [0.1, 0.15) is 12.2 Å². The van der Waals surface area contributed by atoms with Gasteiger partial charge in [0.2, 0.25) is 0 Å². The Labute approximate surface area is 127 Å². The molecular weight excluding hydrogens is 264 g/mol. The van der Waals surface area contributed by atoms with Crippen LogP contribution in [-0.2, 0) is 17.8 Å². The molecular formula is C16H28N4O. The second kappa shape index (κ2) is 6.44. The predicted octanol–water partition coefficient (Wildman–Crippen LogP) is 2.66. The summed E-state index contributed by atoms with van der Waals surface area (Å²) in [6.45, 7) is 5.91. The third-order valence-electron chi connectivity index (χ3n) is 4.84. The highest BCUT2D eigenvalue weighted by atomic mass is 16.5. The summed E-state index contributed by atoms with van der Waals surface area (Å²) in [6, 6.07) is 0.461. The van der Waals surface area contributed by atoms with Crippen LogP contribution in [0.25, 0.3) is 0 Å². The fourth-order valence-corrected chi connectivity index (χ4v) is 3.65. The lowest BCUT2D eigenvalue weighted by molar-refractivity contribution is -0.0691. The highest BCUT2D eigenvalue weighted by molar-refractivity contribution is 4.92. The van der Waals surface area contributed by atoms with E-state index in [1.165, 1.54) is 38.5 Å². The van der Waals surface area contributed by atoms with Crippen LogP contribution in [0.5, 0.6) is 0 Å². The number of aromatic nitrogens is 3. The third-order valence-corrected chi connectivity index (χ3v) is 4.84. The van der Waals surface area contributed by atoms with E-state index in [9.17, 15) is 0 Å². The zero-order valence-electron chi connectivity index (χ0n) is 13.3. The summed E-state index contributed by atoms with van der Waals surface area (Å²) < 4.78 is 8.45. The second-order valence-corrected chi connectivity index (χ2v) is 6.92. The molecule has 3 rings (SSSR count). The number of nitrogens with one attached hydrogen (secondary N) is 1. The molecule has 1 spiro atoms. The molecule has 1 aliphatic heterocycles. The van der Waals surface area contributed by atoms with Gasteiger partial charge in [0.25, 0.3) is 0 Å². The van der Waals surface area contributed by atoms with Gasteiger partial charge >= 0.3 is 0 Å². The van der Waals surface area contributed by atoms with Crippen LogP contribution in [0.15, 0.2) is 6.33 Å². The van der Waals surface area contributed by atoms with E-state index in [4.69, 9.17) is 4.74 Å². The van der Waals surface area contributed by atoms with Crippen molar-refractivity contribution in [2.75, 3.05) is 0 Å². The minimum atomic E-state index is 0.194. The van der Waals surface area contributed by atoms with Crippen molar-refractivity contribution in [1.82, 2.24) is 20.1 Å². The Morgan fingerprint density at radius 3 is 2.90 bits per heavy atom. The highest BCUT2D eigenvalue weighted by Crippen LogP contribution is 2.42. The fraction of sp³-hybridized carbons (Fsp3) is 0.875. The van der Waals surface area contributed by atoms with Gasteiger partial charge in [-0.15, -0.1) is 0 Å². The largest absolute Gasteiger partial charge is 0.370 e. The van der Waals surface area contributed by atoms with E-state index in [0.717, 1.165) is 25.3 Å². The lowest BCUT2D eigenvalue weighted by Crippen LogP contribution is -2.33. The first-order valence-corrected chi connectivity index (χ1v) is 8.45. The van der Waals surface area contributed by atoms with Crippen molar-refractivity contribution < 1.29 is 4.74 Å². The van der Waals surface area contributed by atoms with Crippen LogP contribution in [0.3, 0.4) is 0 Å². The van der Waals surface area contributed by atoms with Crippen LogP contribution in [-0.4, -0.2) is 32.5 Å². The number of hydrogen-bond donors (Lipinski definition) is 1. The highest BCUT2D eigenvalue weighted by Gasteiger charge is 2.40. The van der Waals surface area contributed by atoms with Gasteiger partial charge in [0, 0.05) is 6.04 Å². The van der Waals surface area contributed by atoms with Crippen molar-refractivity contribution >= 4 is 0 Å². The van der Waals surface area contributed by atoms with E-state index >= 15 is 0 Å². The molecule has 5 nitrogen and oxygen atoms in total. The molecule has 2 heterocycles. The average Bonchev–Trinajstić information content (AvgIpc) is 3.06. The zero-order chi connectivity index (χ0) is 14.7. The van der Waals surface area contributed by atoms with E-state index in [1.807, 2.05) is 4.68 Å². The number of ether oxygens (including phenoxy) is 1. The summed E-state index contributed by atoms with van der Waals surface area (Å²) in [7, 11) is 0. The van der Waals surface area contributed by atoms with Crippen molar-refractivity contribution in [2.45, 2.75) is 89.6 Å². The van der Waals surface area contributed by atoms with Gasteiger partial charge in [-0.05, 0) is 25.7 Å². The number of nitrogens with zero attached hydrogens (tertiary/aromatic N) is 3. The molecule has 1 saturated carbocycles. The first-order chi connectivity index (χ1) is 10.2. The summed E-state index contributed by atoms with van der Waals surface area (Å²) >= 11 is 0. The van der Waals surface area contributed by atoms with Gasteiger partial charge in [-0.1, -0.05) is 33.1 Å². The number of hydrogen-bond acceptors (Lipinski definition) is 4. The molecule has 0 amide bonds. The number of rotatable bonds is 5. The Morgan fingerprint density at radius 1 is 1.33 bits per heavy atom. The van der Waals surface area contributed by atoms with Gasteiger partial charge < -0.3 is 10.1 Å². The summed E-state index contributed by atoms with van der Waals surface area (Å²) in [4.78, 5) is 4.37. The van der Waals surface area contributed by atoms with Crippen molar-refractivity contribution in [2.24, 2.45) is 0 Å². The maximum Gasteiger partial charge on any atom is 0.140 e. The third kappa shape index (κ3) is 3.64. The summed E-state index contributed by atoms with van der Waals surface area (Å²) in [6.07, 6.45) is 10.9. The molecule has 2 aliphatic rings. The molecule has 1 aromatic rings. The molecule has 1 saturated heterocycles. The molecule has 0 radical (unpaired) electrons. The molecule has 5 heteroatoms. The van der Waals surface area contributed by atoms with E-state index in [2.05, 4.69) is 29.2 Å². The summed E-state index contributed by atoms with van der Waals surface area (Å²) in [5.74, 6) is 1.01. The van der Waals surface area contributed by atoms with Crippen molar-refractivity contribution in [3.63, 3.8) is 0 Å². The standard InChI is InChI=1S/C16H28N4O/c1-13(2)17-10-15-18-12-19-20(15)11-14-6-9-16(21-14)7-4-3-5-8-16/h12-14,17H,3-11H2,1-2H3. The SMILES string of the molecule is CC(C)NCc1ncnn1CC1CCC2(CCCCC2)O1. The molecule has 1 unspecified atom stereocenters. The monoisotopic (exact) mass is 292 g/mol. The van der Waals surface area contributed by atoms with E-state index in [1.54, 1.807) is 6.33 Å². The maximum absolute atomic E-state index is 6.43. The smallest absolute Gasteiger partial charge is 0.140 e. The van der Waals surface area contributed by atoms with Crippen LogP contribution in [0.4, 0.5) is 0 Å². The van der Waals surface area contributed by atoms with Gasteiger partial charge in [0.15, 0.2) is 0 Å². The van der Waals surface area contributed by atoms with Crippen LogP contribution >= 0.6 is 0 Å². The Balaban J connectivity index is 1.56. The zero-order valence-corrected chi connectivity index (χ0v) is 13.3. The van der Waals surface area contributed by atoms with Gasteiger partial charge in [-0.3, -0.25) is 0 Å². The Bertz CT molecular complexity index is 451. The Morgan fingerprint density at radius 2 is 2.14 bits per heavy atom. The predicted molar refractivity (Wildman–Crippen MR) is 81.9 cm³/mol. The maximum atomic E-state index is 6.43. The van der Waals surface area contributed by atoms with Crippen LogP contribution < -0.4 is 5.32 Å². The van der Waals surface area contributed by atoms with Crippen molar-refractivity contribution in [1.29, 1.82) is 0 Å². The van der Waals surface area contributed by atoms with Gasteiger partial charge in [-0.25, -0.2) is 9.67 Å². The molecule has 1 aromatic heterocycles. The lowest BCUT2D eigenvalue weighted by atomic mass is 9.83. The van der Waals surface area contributed by atoms with Crippen LogP contribution in [0.2, 0.25) is 0 Å². The van der Waals surface area contributed by atoms with Gasteiger partial charge in [0.05, 0.1) is 24.8 Å². The summed E-state index contributed by atoms with van der Waals surface area (Å²) in [5.41, 5.74) is 0.194. The minimum absolute atomic E-state index is 0.194. The minimum Gasteiger partial charge on any atom is -0.370 e. The molecule has 0 bridgehead atoms. The molecule has 21 heavy (non-hydrogen) atoms. The first-order valence-electron chi connectivity index (χ1n) is 8.45. The van der Waals surface area contributed by atoms with E-state index < -0.39 is 0 Å². The summed E-state index contributed by atoms with van der Waals surface area (Å²) in [5, 5.41) is 7.78. The lowest BCUT2D eigenvalue weighted by Gasteiger charge is -2.33. The Kier molecular flexibility index (Phi) is 4.60. The normalized spacial score (nSPS) is 25.0. The average molecular weight is 292 g/mol. The molecule has 2 fully saturated rings. The molecule has 1 atom stereocenters. The van der Waals surface area contributed by atoms with Crippen molar-refractivity contribution in [3.8, 4) is 0 Å². The second-order valence-electron chi connectivity index (χ2n) is 6.92. The van der Waals surface area contributed by atoms with Crippen molar-refractivity contribution in [3.05, 3.63) is 12.2 Å². The molecule has 0 aromatic carbocycles.